The molecule has 2 N–H and O–H groups in total. The molecule has 0 radical (unpaired) electrons. The Labute approximate surface area is 109 Å². The quantitative estimate of drug-likeness (QED) is 0.791. The molecule has 0 saturated heterocycles. The molecule has 1 atom stereocenters. The summed E-state index contributed by atoms with van der Waals surface area (Å²) >= 11 is 5.72. The zero-order chi connectivity index (χ0) is 12.1. The van der Waals surface area contributed by atoms with E-state index in [4.69, 9.17) is 17.3 Å². The van der Waals surface area contributed by atoms with Gasteiger partial charge in [-0.15, -0.1) is 11.6 Å². The Kier molecular flexibility index (Phi) is 4.87. The van der Waals surface area contributed by atoms with Gasteiger partial charge >= 0.3 is 0 Å². The molecular formula is C15H22ClN. The van der Waals surface area contributed by atoms with E-state index in [1.165, 1.54) is 43.2 Å². The molecular weight excluding hydrogens is 230 g/mol. The van der Waals surface area contributed by atoms with Gasteiger partial charge in [-0.25, -0.2) is 0 Å². The van der Waals surface area contributed by atoms with Crippen LogP contribution >= 0.6 is 11.6 Å². The molecule has 1 unspecified atom stereocenters. The largest absolute Gasteiger partial charge is 0.324 e. The van der Waals surface area contributed by atoms with Gasteiger partial charge in [0.1, 0.15) is 0 Å². The molecule has 1 aliphatic carbocycles. The van der Waals surface area contributed by atoms with Gasteiger partial charge in [-0.3, -0.25) is 0 Å². The lowest BCUT2D eigenvalue weighted by Crippen LogP contribution is -2.11. The monoisotopic (exact) mass is 251 g/mol. The highest BCUT2D eigenvalue weighted by atomic mass is 35.5. The number of hydrogen-bond donors (Lipinski definition) is 1. The summed E-state index contributed by atoms with van der Waals surface area (Å²) in [6.07, 6.45) is 7.75. The molecule has 0 aliphatic heterocycles. The molecule has 1 fully saturated rings. The summed E-state index contributed by atoms with van der Waals surface area (Å²) in [4.78, 5) is 0. The van der Waals surface area contributed by atoms with E-state index in [0.717, 1.165) is 12.3 Å². The first-order valence-electron chi connectivity index (χ1n) is 6.72. The zero-order valence-corrected chi connectivity index (χ0v) is 11.1. The van der Waals surface area contributed by atoms with Crippen LogP contribution in [0.5, 0.6) is 0 Å². The van der Waals surface area contributed by atoms with Gasteiger partial charge in [-0.2, -0.15) is 0 Å². The smallest absolute Gasteiger partial charge is 0.0306 e. The van der Waals surface area contributed by atoms with Gasteiger partial charge in [0.25, 0.3) is 0 Å². The van der Waals surface area contributed by atoms with Crippen LogP contribution in [0.3, 0.4) is 0 Å². The number of nitrogens with two attached hydrogens (primary N) is 1. The molecule has 17 heavy (non-hydrogen) atoms. The van der Waals surface area contributed by atoms with E-state index in [1.807, 2.05) is 0 Å². The van der Waals surface area contributed by atoms with Crippen LogP contribution < -0.4 is 5.73 Å². The van der Waals surface area contributed by atoms with Crippen LogP contribution in [0.25, 0.3) is 0 Å². The highest BCUT2D eigenvalue weighted by molar-refractivity contribution is 6.17. The van der Waals surface area contributed by atoms with Crippen molar-refractivity contribution < 1.29 is 0 Å². The molecule has 2 heteroatoms. The maximum atomic E-state index is 6.05. The maximum absolute atomic E-state index is 6.05. The van der Waals surface area contributed by atoms with Crippen LogP contribution in [-0.2, 0) is 0 Å². The number of benzene rings is 1. The average molecular weight is 252 g/mol. The predicted octanol–water partition coefficient (Wildman–Crippen LogP) is 4.36. The fourth-order valence-corrected chi connectivity index (χ4v) is 2.97. The van der Waals surface area contributed by atoms with Crippen molar-refractivity contribution in [3.05, 3.63) is 35.4 Å². The van der Waals surface area contributed by atoms with Gasteiger partial charge in [-0.1, -0.05) is 43.5 Å². The average Bonchev–Trinajstić information content (AvgIpc) is 2.40. The van der Waals surface area contributed by atoms with Crippen molar-refractivity contribution in [2.24, 2.45) is 5.73 Å². The maximum Gasteiger partial charge on any atom is 0.0306 e. The van der Waals surface area contributed by atoms with E-state index in [0.29, 0.717) is 5.88 Å². The van der Waals surface area contributed by atoms with Gasteiger partial charge in [0.2, 0.25) is 0 Å². The van der Waals surface area contributed by atoms with E-state index in [2.05, 4.69) is 24.3 Å². The van der Waals surface area contributed by atoms with Crippen LogP contribution in [-0.4, -0.2) is 5.88 Å². The zero-order valence-electron chi connectivity index (χ0n) is 10.4. The fraction of sp³-hybridized carbons (Fsp3) is 0.600. The highest BCUT2D eigenvalue weighted by Crippen LogP contribution is 2.33. The Morgan fingerprint density at radius 1 is 1.12 bits per heavy atom. The third-order valence-corrected chi connectivity index (χ3v) is 4.08. The molecule has 94 valence electrons. The van der Waals surface area contributed by atoms with Gasteiger partial charge in [0, 0.05) is 11.9 Å². The van der Waals surface area contributed by atoms with E-state index in [1.54, 1.807) is 0 Å². The highest BCUT2D eigenvalue weighted by Gasteiger charge is 2.15. The Bertz CT molecular complexity index is 327. The molecule has 1 nitrogen and oxygen atoms in total. The van der Waals surface area contributed by atoms with Crippen molar-refractivity contribution in [3.63, 3.8) is 0 Å². The summed E-state index contributed by atoms with van der Waals surface area (Å²) in [5.41, 5.74) is 8.75. The summed E-state index contributed by atoms with van der Waals surface area (Å²) in [5.74, 6) is 1.41. The Morgan fingerprint density at radius 3 is 2.35 bits per heavy atom. The predicted molar refractivity (Wildman–Crippen MR) is 74.5 cm³/mol. The summed E-state index contributed by atoms with van der Waals surface area (Å²) in [6.45, 7) is 0. The van der Waals surface area contributed by atoms with Gasteiger partial charge in [0.15, 0.2) is 0 Å². The van der Waals surface area contributed by atoms with Crippen LogP contribution in [0.2, 0.25) is 0 Å². The van der Waals surface area contributed by atoms with E-state index in [-0.39, 0.29) is 6.04 Å². The van der Waals surface area contributed by atoms with Gasteiger partial charge < -0.3 is 5.73 Å². The minimum atomic E-state index is 0.0907. The second-order valence-electron chi connectivity index (χ2n) is 5.09. The topological polar surface area (TPSA) is 26.0 Å². The molecule has 1 saturated carbocycles. The number of hydrogen-bond acceptors (Lipinski definition) is 1. The van der Waals surface area contributed by atoms with Crippen molar-refractivity contribution in [1.82, 2.24) is 0 Å². The lowest BCUT2D eigenvalue weighted by atomic mass is 9.83. The minimum absolute atomic E-state index is 0.0907. The first-order chi connectivity index (χ1) is 8.31. The molecule has 0 bridgehead atoms. The normalized spacial score (nSPS) is 19.2. The van der Waals surface area contributed by atoms with Crippen molar-refractivity contribution in [3.8, 4) is 0 Å². The fourth-order valence-electron chi connectivity index (χ4n) is 2.74. The second-order valence-corrected chi connectivity index (χ2v) is 5.46. The van der Waals surface area contributed by atoms with E-state index in [9.17, 15) is 0 Å². The summed E-state index contributed by atoms with van der Waals surface area (Å²) in [7, 11) is 0. The van der Waals surface area contributed by atoms with Crippen molar-refractivity contribution in [2.45, 2.75) is 50.5 Å². The van der Waals surface area contributed by atoms with Crippen molar-refractivity contribution in [1.29, 1.82) is 0 Å². The molecule has 0 spiro atoms. The standard InChI is InChI=1S/C15H22ClN/c16-11-10-15(17)14-8-6-13(7-9-14)12-4-2-1-3-5-12/h6-9,12,15H,1-5,10-11,17H2. The second kappa shape index (κ2) is 6.42. The molecule has 1 aromatic rings. The molecule has 0 heterocycles. The summed E-state index contributed by atoms with van der Waals surface area (Å²) in [5, 5.41) is 0. The molecule has 2 rings (SSSR count). The Morgan fingerprint density at radius 2 is 1.76 bits per heavy atom. The molecule has 1 aliphatic rings. The summed E-state index contributed by atoms with van der Waals surface area (Å²) < 4.78 is 0. The Hall–Kier alpha value is -0.530. The Balaban J connectivity index is 2.01. The molecule has 1 aromatic carbocycles. The summed E-state index contributed by atoms with van der Waals surface area (Å²) in [6, 6.07) is 8.98. The van der Waals surface area contributed by atoms with Crippen molar-refractivity contribution in [2.75, 3.05) is 5.88 Å². The molecule has 0 aromatic heterocycles. The molecule has 0 amide bonds. The third kappa shape index (κ3) is 3.46. The van der Waals surface area contributed by atoms with Crippen LogP contribution in [0.15, 0.2) is 24.3 Å². The van der Waals surface area contributed by atoms with E-state index < -0.39 is 0 Å². The number of halogens is 1. The number of rotatable bonds is 4. The van der Waals surface area contributed by atoms with Crippen LogP contribution in [0.1, 0.15) is 61.6 Å². The SMILES string of the molecule is NC(CCCl)c1ccc(C2CCCCC2)cc1. The minimum Gasteiger partial charge on any atom is -0.324 e. The van der Waals surface area contributed by atoms with Gasteiger partial charge in [-0.05, 0) is 36.3 Å². The first-order valence-corrected chi connectivity index (χ1v) is 7.26. The van der Waals surface area contributed by atoms with Gasteiger partial charge in [0.05, 0.1) is 0 Å². The third-order valence-electron chi connectivity index (χ3n) is 3.86. The lowest BCUT2D eigenvalue weighted by molar-refractivity contribution is 0.443. The van der Waals surface area contributed by atoms with Crippen molar-refractivity contribution >= 4 is 11.6 Å². The number of alkyl halides is 1. The lowest BCUT2D eigenvalue weighted by Gasteiger charge is -2.22. The van der Waals surface area contributed by atoms with Crippen LogP contribution in [0, 0.1) is 0 Å². The first kappa shape index (κ1) is 12.9. The van der Waals surface area contributed by atoms with E-state index >= 15 is 0 Å². The van der Waals surface area contributed by atoms with Crippen LogP contribution in [0.4, 0.5) is 0 Å².